The highest BCUT2D eigenvalue weighted by atomic mass is 32.2. The molecule has 0 aliphatic heterocycles. The van der Waals surface area contributed by atoms with Gasteiger partial charge in [0, 0.05) is 19.2 Å². The SMILES string of the molecule is CN(c1ccc(C(=O)NCCc2ccc(F)cc2)cc1)S(=O)(=O)c1ccccc1. The van der Waals surface area contributed by atoms with Crippen LogP contribution in [0.5, 0.6) is 0 Å². The smallest absolute Gasteiger partial charge is 0.264 e. The van der Waals surface area contributed by atoms with E-state index >= 15 is 0 Å². The van der Waals surface area contributed by atoms with Gasteiger partial charge in [0.25, 0.3) is 15.9 Å². The van der Waals surface area contributed by atoms with Crippen LogP contribution < -0.4 is 9.62 Å². The number of anilines is 1. The minimum Gasteiger partial charge on any atom is -0.352 e. The predicted octanol–water partition coefficient (Wildman–Crippen LogP) is 3.62. The molecule has 0 saturated carbocycles. The summed E-state index contributed by atoms with van der Waals surface area (Å²) in [4.78, 5) is 12.5. The van der Waals surface area contributed by atoms with Gasteiger partial charge >= 0.3 is 0 Å². The van der Waals surface area contributed by atoms with Crippen molar-refractivity contribution in [2.24, 2.45) is 0 Å². The van der Waals surface area contributed by atoms with E-state index in [1.807, 2.05) is 0 Å². The Bertz CT molecular complexity index is 1070. The van der Waals surface area contributed by atoms with E-state index in [4.69, 9.17) is 0 Å². The summed E-state index contributed by atoms with van der Waals surface area (Å²) in [5.74, 6) is -0.552. The highest BCUT2D eigenvalue weighted by molar-refractivity contribution is 7.92. The zero-order valence-electron chi connectivity index (χ0n) is 15.9. The van der Waals surface area contributed by atoms with Gasteiger partial charge in [0.1, 0.15) is 5.82 Å². The molecule has 0 fully saturated rings. The van der Waals surface area contributed by atoms with Gasteiger partial charge in [-0.2, -0.15) is 0 Å². The molecule has 0 aliphatic carbocycles. The minimum absolute atomic E-state index is 0.199. The standard InChI is InChI=1S/C22H21FN2O3S/c1-25(29(27,28)21-5-3-2-4-6-21)20-13-9-18(10-14-20)22(26)24-16-15-17-7-11-19(23)12-8-17/h2-14H,15-16H2,1H3,(H,24,26). The summed E-state index contributed by atoms with van der Waals surface area (Å²) in [6.07, 6.45) is 0.585. The highest BCUT2D eigenvalue weighted by Gasteiger charge is 2.21. The summed E-state index contributed by atoms with van der Waals surface area (Å²) >= 11 is 0. The van der Waals surface area contributed by atoms with Gasteiger partial charge in [-0.05, 0) is 60.5 Å². The first-order valence-corrected chi connectivity index (χ1v) is 10.5. The van der Waals surface area contributed by atoms with Gasteiger partial charge in [0.05, 0.1) is 10.6 Å². The Balaban J connectivity index is 1.61. The van der Waals surface area contributed by atoms with Gasteiger partial charge in [-0.15, -0.1) is 0 Å². The highest BCUT2D eigenvalue weighted by Crippen LogP contribution is 2.22. The van der Waals surface area contributed by atoms with Gasteiger partial charge in [0.15, 0.2) is 0 Å². The quantitative estimate of drug-likeness (QED) is 0.645. The molecule has 1 amide bonds. The van der Waals surface area contributed by atoms with Crippen LogP contribution in [0.15, 0.2) is 83.8 Å². The van der Waals surface area contributed by atoms with Gasteiger partial charge in [0.2, 0.25) is 0 Å². The third kappa shape index (κ3) is 5.00. The van der Waals surface area contributed by atoms with Crippen molar-refractivity contribution in [1.82, 2.24) is 5.32 Å². The van der Waals surface area contributed by atoms with Gasteiger partial charge in [-0.1, -0.05) is 30.3 Å². The van der Waals surface area contributed by atoms with Gasteiger partial charge in [-0.25, -0.2) is 12.8 Å². The number of benzene rings is 3. The Morgan fingerprint density at radius 2 is 1.55 bits per heavy atom. The maximum absolute atomic E-state index is 12.9. The molecule has 0 spiro atoms. The molecule has 5 nitrogen and oxygen atoms in total. The molecule has 1 N–H and O–H groups in total. The number of nitrogens with one attached hydrogen (secondary N) is 1. The molecule has 0 unspecified atom stereocenters. The normalized spacial score (nSPS) is 11.1. The molecular formula is C22H21FN2O3S. The molecule has 29 heavy (non-hydrogen) atoms. The van der Waals surface area contributed by atoms with E-state index in [0.717, 1.165) is 5.56 Å². The third-order valence-electron chi connectivity index (χ3n) is 4.51. The first-order chi connectivity index (χ1) is 13.9. The maximum Gasteiger partial charge on any atom is 0.264 e. The summed E-state index contributed by atoms with van der Waals surface area (Å²) < 4.78 is 39.4. The van der Waals surface area contributed by atoms with Crippen LogP contribution in [0, 0.1) is 5.82 Å². The molecule has 0 aromatic heterocycles. The zero-order valence-corrected chi connectivity index (χ0v) is 16.7. The summed E-state index contributed by atoms with van der Waals surface area (Å²) in [6.45, 7) is 0.411. The van der Waals surface area contributed by atoms with Crippen molar-refractivity contribution in [3.8, 4) is 0 Å². The van der Waals surface area contributed by atoms with Crippen LogP contribution in [0.4, 0.5) is 10.1 Å². The Kier molecular flexibility index (Phi) is 6.29. The van der Waals surface area contributed by atoms with Crippen LogP contribution in [0.25, 0.3) is 0 Å². The molecule has 0 atom stereocenters. The summed E-state index contributed by atoms with van der Waals surface area (Å²) in [7, 11) is -2.19. The van der Waals surface area contributed by atoms with E-state index < -0.39 is 10.0 Å². The van der Waals surface area contributed by atoms with Crippen molar-refractivity contribution >= 4 is 21.6 Å². The average Bonchev–Trinajstić information content (AvgIpc) is 2.75. The molecule has 0 saturated heterocycles. The molecule has 7 heteroatoms. The fraction of sp³-hybridized carbons (Fsp3) is 0.136. The van der Waals surface area contributed by atoms with Crippen LogP contribution >= 0.6 is 0 Å². The monoisotopic (exact) mass is 412 g/mol. The molecule has 150 valence electrons. The number of hydrogen-bond donors (Lipinski definition) is 1. The van der Waals surface area contributed by atoms with Crippen molar-refractivity contribution in [2.75, 3.05) is 17.9 Å². The Morgan fingerprint density at radius 3 is 2.17 bits per heavy atom. The number of nitrogens with zero attached hydrogens (tertiary/aromatic N) is 1. The van der Waals surface area contributed by atoms with Crippen LogP contribution in [0.3, 0.4) is 0 Å². The molecule has 3 aromatic carbocycles. The minimum atomic E-state index is -3.67. The molecule has 3 rings (SSSR count). The Morgan fingerprint density at radius 1 is 0.931 bits per heavy atom. The van der Waals surface area contributed by atoms with E-state index in [2.05, 4.69) is 5.32 Å². The first kappa shape index (κ1) is 20.5. The summed E-state index contributed by atoms with van der Waals surface area (Å²) in [5, 5.41) is 2.80. The third-order valence-corrected chi connectivity index (χ3v) is 6.31. The van der Waals surface area contributed by atoms with Crippen molar-refractivity contribution in [3.05, 3.63) is 95.8 Å². The fourth-order valence-electron chi connectivity index (χ4n) is 2.79. The second-order valence-corrected chi connectivity index (χ2v) is 8.43. The fourth-order valence-corrected chi connectivity index (χ4v) is 4.00. The second-order valence-electron chi connectivity index (χ2n) is 6.46. The number of hydrogen-bond acceptors (Lipinski definition) is 3. The number of carbonyl (C=O) groups is 1. The van der Waals surface area contributed by atoms with E-state index in [1.165, 1.54) is 35.6 Å². The topological polar surface area (TPSA) is 66.5 Å². The lowest BCUT2D eigenvalue weighted by Crippen LogP contribution is -2.27. The van der Waals surface area contributed by atoms with Gasteiger partial charge < -0.3 is 5.32 Å². The lowest BCUT2D eigenvalue weighted by molar-refractivity contribution is 0.0954. The van der Waals surface area contributed by atoms with Crippen LogP contribution in [0.2, 0.25) is 0 Å². The first-order valence-electron chi connectivity index (χ1n) is 9.04. The zero-order chi connectivity index (χ0) is 20.9. The maximum atomic E-state index is 12.9. The molecule has 0 radical (unpaired) electrons. The number of halogens is 1. The van der Waals surface area contributed by atoms with Crippen molar-refractivity contribution in [1.29, 1.82) is 0 Å². The van der Waals surface area contributed by atoms with Crippen LogP contribution in [0.1, 0.15) is 15.9 Å². The average molecular weight is 412 g/mol. The second kappa shape index (κ2) is 8.87. The van der Waals surface area contributed by atoms with Gasteiger partial charge in [-0.3, -0.25) is 9.10 Å². The lowest BCUT2D eigenvalue weighted by Gasteiger charge is -2.19. The van der Waals surface area contributed by atoms with Crippen LogP contribution in [-0.4, -0.2) is 27.9 Å². The van der Waals surface area contributed by atoms with Crippen molar-refractivity contribution in [3.63, 3.8) is 0 Å². The van der Waals surface area contributed by atoms with E-state index in [-0.39, 0.29) is 16.6 Å². The largest absolute Gasteiger partial charge is 0.352 e. The van der Waals surface area contributed by atoms with E-state index in [9.17, 15) is 17.6 Å². The number of rotatable bonds is 7. The molecule has 0 bridgehead atoms. The molecule has 0 aliphatic rings. The Hall–Kier alpha value is -3.19. The summed E-state index contributed by atoms with van der Waals surface area (Å²) in [6, 6.07) is 20.6. The molecule has 0 heterocycles. The molecular weight excluding hydrogens is 391 g/mol. The number of carbonyl (C=O) groups excluding carboxylic acids is 1. The predicted molar refractivity (Wildman–Crippen MR) is 111 cm³/mol. The molecule has 3 aromatic rings. The number of amides is 1. The van der Waals surface area contributed by atoms with Crippen molar-refractivity contribution in [2.45, 2.75) is 11.3 Å². The van der Waals surface area contributed by atoms with Crippen LogP contribution in [-0.2, 0) is 16.4 Å². The summed E-state index contributed by atoms with van der Waals surface area (Å²) in [5.41, 5.74) is 1.81. The number of sulfonamides is 1. The van der Waals surface area contributed by atoms with E-state index in [0.29, 0.717) is 24.2 Å². The van der Waals surface area contributed by atoms with Crippen molar-refractivity contribution < 1.29 is 17.6 Å². The Labute approximate surface area is 169 Å². The lowest BCUT2D eigenvalue weighted by atomic mass is 10.1. The van der Waals surface area contributed by atoms with E-state index in [1.54, 1.807) is 54.6 Å².